The largest absolute Gasteiger partial charge is 0.304 e. The number of thiazole rings is 1. The Bertz CT molecular complexity index is 383. The summed E-state index contributed by atoms with van der Waals surface area (Å²) in [6.07, 6.45) is 1.84. The summed E-state index contributed by atoms with van der Waals surface area (Å²) in [7, 11) is 0. The first-order valence-corrected chi connectivity index (χ1v) is 5.91. The molecule has 0 aliphatic rings. The Morgan fingerprint density at radius 3 is 2.80 bits per heavy atom. The van der Waals surface area contributed by atoms with E-state index in [-0.39, 0.29) is 0 Å². The van der Waals surface area contributed by atoms with Crippen LogP contribution < -0.4 is 5.32 Å². The van der Waals surface area contributed by atoms with Crippen molar-refractivity contribution in [2.45, 2.75) is 19.5 Å². The van der Waals surface area contributed by atoms with Gasteiger partial charge in [0.05, 0.1) is 0 Å². The third-order valence-electron chi connectivity index (χ3n) is 2.34. The number of rotatable bonds is 4. The van der Waals surface area contributed by atoms with Crippen LogP contribution in [0.3, 0.4) is 0 Å². The average molecular weight is 218 g/mol. The summed E-state index contributed by atoms with van der Waals surface area (Å²) >= 11 is 1.69. The van der Waals surface area contributed by atoms with Crippen LogP contribution in [0.5, 0.6) is 0 Å². The summed E-state index contributed by atoms with van der Waals surface area (Å²) in [6.45, 7) is 3.01. The van der Waals surface area contributed by atoms with Crippen molar-refractivity contribution < 1.29 is 0 Å². The standard InChI is InChI=1S/C12H14N2S/c1-10(11-5-3-2-4-6-11)14-9-12-13-7-8-15-12/h2-8,10,14H,9H2,1H3/t10-/m1/s1. The van der Waals surface area contributed by atoms with E-state index < -0.39 is 0 Å². The third-order valence-corrected chi connectivity index (χ3v) is 3.12. The van der Waals surface area contributed by atoms with Gasteiger partial charge in [-0.25, -0.2) is 4.98 Å². The topological polar surface area (TPSA) is 24.9 Å². The third kappa shape index (κ3) is 2.88. The van der Waals surface area contributed by atoms with Crippen LogP contribution in [0.25, 0.3) is 0 Å². The lowest BCUT2D eigenvalue weighted by Crippen LogP contribution is -2.17. The van der Waals surface area contributed by atoms with E-state index in [1.807, 2.05) is 17.6 Å². The first kappa shape index (κ1) is 10.3. The normalized spacial score (nSPS) is 12.6. The predicted octanol–water partition coefficient (Wildman–Crippen LogP) is 2.99. The minimum absolute atomic E-state index is 0.370. The Kier molecular flexibility index (Phi) is 3.48. The molecule has 3 heteroatoms. The van der Waals surface area contributed by atoms with Crippen LogP contribution in [0.15, 0.2) is 41.9 Å². The van der Waals surface area contributed by atoms with E-state index in [0.29, 0.717) is 6.04 Å². The van der Waals surface area contributed by atoms with Gasteiger partial charge in [0.2, 0.25) is 0 Å². The van der Waals surface area contributed by atoms with E-state index in [1.165, 1.54) is 5.56 Å². The van der Waals surface area contributed by atoms with E-state index in [4.69, 9.17) is 0 Å². The minimum atomic E-state index is 0.370. The first-order valence-electron chi connectivity index (χ1n) is 5.03. The molecule has 0 aliphatic carbocycles. The minimum Gasteiger partial charge on any atom is -0.304 e. The fourth-order valence-electron chi connectivity index (χ4n) is 1.44. The fraction of sp³-hybridized carbons (Fsp3) is 0.250. The smallest absolute Gasteiger partial charge is 0.106 e. The van der Waals surface area contributed by atoms with Gasteiger partial charge in [0.15, 0.2) is 0 Å². The molecule has 0 aliphatic heterocycles. The molecule has 1 aromatic heterocycles. The van der Waals surface area contributed by atoms with Crippen molar-refractivity contribution in [2.75, 3.05) is 0 Å². The molecule has 0 bridgehead atoms. The van der Waals surface area contributed by atoms with Crippen LogP contribution in [0, 0.1) is 0 Å². The lowest BCUT2D eigenvalue weighted by atomic mass is 10.1. The molecular formula is C12H14N2S. The van der Waals surface area contributed by atoms with E-state index in [0.717, 1.165) is 11.6 Å². The van der Waals surface area contributed by atoms with Gasteiger partial charge in [0, 0.05) is 24.2 Å². The molecule has 1 atom stereocenters. The number of hydrogen-bond donors (Lipinski definition) is 1. The SMILES string of the molecule is C[C@@H](NCc1nccs1)c1ccccc1. The summed E-state index contributed by atoms with van der Waals surface area (Å²) in [5.74, 6) is 0. The maximum atomic E-state index is 4.24. The number of benzene rings is 1. The summed E-state index contributed by atoms with van der Waals surface area (Å²) < 4.78 is 0. The summed E-state index contributed by atoms with van der Waals surface area (Å²) in [5.41, 5.74) is 1.31. The molecule has 1 heterocycles. The zero-order chi connectivity index (χ0) is 10.5. The molecule has 1 N–H and O–H groups in total. The highest BCUT2D eigenvalue weighted by Gasteiger charge is 2.04. The highest BCUT2D eigenvalue weighted by atomic mass is 32.1. The van der Waals surface area contributed by atoms with E-state index in [2.05, 4.69) is 41.5 Å². The van der Waals surface area contributed by atoms with E-state index in [9.17, 15) is 0 Å². The van der Waals surface area contributed by atoms with Crippen LogP contribution in [0.4, 0.5) is 0 Å². The molecule has 0 unspecified atom stereocenters. The Labute approximate surface area is 94.0 Å². The lowest BCUT2D eigenvalue weighted by molar-refractivity contribution is 0.573. The molecule has 78 valence electrons. The Hall–Kier alpha value is -1.19. The van der Waals surface area contributed by atoms with Gasteiger partial charge in [-0.05, 0) is 12.5 Å². The molecule has 0 spiro atoms. The summed E-state index contributed by atoms with van der Waals surface area (Å²) in [6, 6.07) is 10.8. The number of nitrogens with zero attached hydrogens (tertiary/aromatic N) is 1. The van der Waals surface area contributed by atoms with Crippen molar-refractivity contribution in [2.24, 2.45) is 0 Å². The Morgan fingerprint density at radius 2 is 2.13 bits per heavy atom. The van der Waals surface area contributed by atoms with Crippen LogP contribution in [0.2, 0.25) is 0 Å². The van der Waals surface area contributed by atoms with Crippen molar-refractivity contribution >= 4 is 11.3 Å². The average Bonchev–Trinajstić information content (AvgIpc) is 2.80. The van der Waals surface area contributed by atoms with Gasteiger partial charge in [-0.3, -0.25) is 0 Å². The Balaban J connectivity index is 1.90. The zero-order valence-corrected chi connectivity index (χ0v) is 9.50. The lowest BCUT2D eigenvalue weighted by Gasteiger charge is -2.12. The monoisotopic (exact) mass is 218 g/mol. The highest BCUT2D eigenvalue weighted by molar-refractivity contribution is 7.09. The van der Waals surface area contributed by atoms with Crippen molar-refractivity contribution in [3.63, 3.8) is 0 Å². The maximum Gasteiger partial charge on any atom is 0.106 e. The second-order valence-corrected chi connectivity index (χ2v) is 4.42. The molecular weight excluding hydrogens is 204 g/mol. The molecule has 0 saturated carbocycles. The van der Waals surface area contributed by atoms with Gasteiger partial charge < -0.3 is 5.32 Å². The first-order chi connectivity index (χ1) is 7.36. The summed E-state index contributed by atoms with van der Waals surface area (Å²) in [5, 5.41) is 6.59. The molecule has 2 rings (SSSR count). The van der Waals surface area contributed by atoms with Gasteiger partial charge in [0.25, 0.3) is 0 Å². The van der Waals surface area contributed by atoms with Crippen molar-refractivity contribution in [3.05, 3.63) is 52.5 Å². The van der Waals surface area contributed by atoms with Crippen LogP contribution in [-0.4, -0.2) is 4.98 Å². The van der Waals surface area contributed by atoms with Gasteiger partial charge >= 0.3 is 0 Å². The predicted molar refractivity (Wildman–Crippen MR) is 63.8 cm³/mol. The van der Waals surface area contributed by atoms with Crippen molar-refractivity contribution in [1.82, 2.24) is 10.3 Å². The molecule has 0 radical (unpaired) electrons. The zero-order valence-electron chi connectivity index (χ0n) is 8.68. The number of hydrogen-bond acceptors (Lipinski definition) is 3. The second-order valence-electron chi connectivity index (χ2n) is 3.44. The van der Waals surface area contributed by atoms with Gasteiger partial charge in [-0.2, -0.15) is 0 Å². The molecule has 1 aromatic carbocycles. The molecule has 0 saturated heterocycles. The van der Waals surface area contributed by atoms with Gasteiger partial charge in [-0.15, -0.1) is 11.3 Å². The second kappa shape index (κ2) is 5.05. The molecule has 2 aromatic rings. The molecule has 0 fully saturated rings. The van der Waals surface area contributed by atoms with E-state index in [1.54, 1.807) is 11.3 Å². The van der Waals surface area contributed by atoms with Crippen LogP contribution in [0.1, 0.15) is 23.5 Å². The van der Waals surface area contributed by atoms with Crippen molar-refractivity contribution in [3.8, 4) is 0 Å². The molecule has 2 nitrogen and oxygen atoms in total. The van der Waals surface area contributed by atoms with Crippen LogP contribution in [-0.2, 0) is 6.54 Å². The molecule has 0 amide bonds. The Morgan fingerprint density at radius 1 is 1.33 bits per heavy atom. The van der Waals surface area contributed by atoms with Crippen molar-refractivity contribution in [1.29, 1.82) is 0 Å². The van der Waals surface area contributed by atoms with Gasteiger partial charge in [-0.1, -0.05) is 30.3 Å². The van der Waals surface area contributed by atoms with Gasteiger partial charge in [0.1, 0.15) is 5.01 Å². The summed E-state index contributed by atoms with van der Waals surface area (Å²) in [4.78, 5) is 4.24. The number of aromatic nitrogens is 1. The van der Waals surface area contributed by atoms with E-state index >= 15 is 0 Å². The maximum absolute atomic E-state index is 4.24. The quantitative estimate of drug-likeness (QED) is 0.853. The number of nitrogens with one attached hydrogen (secondary N) is 1. The molecule has 15 heavy (non-hydrogen) atoms. The highest BCUT2D eigenvalue weighted by Crippen LogP contribution is 2.12. The van der Waals surface area contributed by atoms with Crippen LogP contribution >= 0.6 is 11.3 Å². The fourth-order valence-corrected chi connectivity index (χ4v) is 2.01.